The van der Waals surface area contributed by atoms with Crippen LogP contribution in [-0.4, -0.2) is 33.1 Å². The largest absolute Gasteiger partial charge is 0.349 e. The topological polar surface area (TPSA) is 89.2 Å². The molecular weight excluding hydrogens is 426 g/mol. The second kappa shape index (κ2) is 9.52. The van der Waals surface area contributed by atoms with Crippen LogP contribution in [0.25, 0.3) is 10.3 Å². The molecule has 0 radical (unpaired) electrons. The van der Waals surface area contributed by atoms with Gasteiger partial charge in [-0.15, -0.1) is 6.58 Å². The van der Waals surface area contributed by atoms with Crippen LogP contribution in [0.2, 0.25) is 0 Å². The summed E-state index contributed by atoms with van der Waals surface area (Å²) in [6.07, 6.45) is 1.49. The van der Waals surface area contributed by atoms with Crippen molar-refractivity contribution in [2.75, 3.05) is 23.3 Å². The molecule has 9 heteroatoms. The number of amides is 1. The van der Waals surface area contributed by atoms with Gasteiger partial charge < -0.3 is 10.2 Å². The molecule has 0 bridgehead atoms. The Balaban J connectivity index is 2.10. The summed E-state index contributed by atoms with van der Waals surface area (Å²) in [4.78, 5) is 45.6. The number of allylic oxidation sites excluding steroid dienone is 1. The van der Waals surface area contributed by atoms with Gasteiger partial charge in [-0.05, 0) is 45.7 Å². The molecule has 0 aliphatic heterocycles. The number of aromatic nitrogens is 3. The summed E-state index contributed by atoms with van der Waals surface area (Å²) in [6.45, 7) is 14.7. The van der Waals surface area contributed by atoms with E-state index in [1.165, 1.54) is 22.0 Å². The molecule has 2 heterocycles. The maximum absolute atomic E-state index is 13.1. The van der Waals surface area contributed by atoms with Gasteiger partial charge in [-0.25, -0.2) is 9.78 Å². The summed E-state index contributed by atoms with van der Waals surface area (Å²) in [5.74, 6) is -0.357. The third-order valence-corrected chi connectivity index (χ3v) is 6.44. The van der Waals surface area contributed by atoms with Crippen LogP contribution in [-0.2, 0) is 17.9 Å². The van der Waals surface area contributed by atoms with Crippen LogP contribution in [0.5, 0.6) is 0 Å². The minimum Gasteiger partial charge on any atom is -0.349 e. The zero-order chi connectivity index (χ0) is 23.6. The van der Waals surface area contributed by atoms with Crippen LogP contribution in [0.15, 0.2) is 34.4 Å². The number of carbonyl (C=O) groups is 1. The van der Waals surface area contributed by atoms with Crippen molar-refractivity contribution in [2.45, 2.75) is 47.7 Å². The zero-order valence-electron chi connectivity index (χ0n) is 19.2. The monoisotopic (exact) mass is 455 g/mol. The smallest absolute Gasteiger partial charge is 0.333 e. The number of fused-ring (bicyclic) bond motifs is 1. The van der Waals surface area contributed by atoms with Gasteiger partial charge in [-0.2, -0.15) is 0 Å². The molecule has 1 N–H and O–H groups in total. The van der Waals surface area contributed by atoms with Crippen molar-refractivity contribution in [3.8, 4) is 0 Å². The van der Waals surface area contributed by atoms with Crippen molar-refractivity contribution in [3.05, 3.63) is 62.3 Å². The van der Waals surface area contributed by atoms with E-state index >= 15 is 0 Å². The van der Waals surface area contributed by atoms with E-state index < -0.39 is 11.2 Å². The van der Waals surface area contributed by atoms with Gasteiger partial charge in [0.2, 0.25) is 5.91 Å². The first-order chi connectivity index (χ1) is 15.2. The van der Waals surface area contributed by atoms with Gasteiger partial charge in [0.15, 0.2) is 10.8 Å². The molecule has 0 fully saturated rings. The molecular formula is C23H29N5O3S. The molecule has 0 atom stereocenters. The number of hydrogen-bond acceptors (Lipinski definition) is 6. The van der Waals surface area contributed by atoms with E-state index in [0.29, 0.717) is 22.9 Å². The lowest BCUT2D eigenvalue weighted by Gasteiger charge is -2.16. The van der Waals surface area contributed by atoms with Crippen molar-refractivity contribution in [1.82, 2.24) is 14.1 Å². The Labute approximate surface area is 190 Å². The summed E-state index contributed by atoms with van der Waals surface area (Å²) in [6, 6.07) is 3.99. The second-order valence-corrected chi connectivity index (χ2v) is 8.69. The van der Waals surface area contributed by atoms with Gasteiger partial charge in [0, 0.05) is 25.3 Å². The van der Waals surface area contributed by atoms with Crippen LogP contribution in [0, 0.1) is 20.8 Å². The van der Waals surface area contributed by atoms with E-state index in [1.807, 2.05) is 51.7 Å². The molecule has 1 amide bonds. The number of rotatable bonds is 8. The Bertz CT molecular complexity index is 1270. The summed E-state index contributed by atoms with van der Waals surface area (Å²) in [5.41, 5.74) is 2.98. The molecule has 170 valence electrons. The molecule has 0 aliphatic carbocycles. The van der Waals surface area contributed by atoms with E-state index in [0.717, 1.165) is 26.9 Å². The molecule has 0 spiro atoms. The fourth-order valence-electron chi connectivity index (χ4n) is 3.83. The molecule has 8 nitrogen and oxygen atoms in total. The summed E-state index contributed by atoms with van der Waals surface area (Å²) >= 11 is 1.24. The Morgan fingerprint density at radius 3 is 2.34 bits per heavy atom. The normalized spacial score (nSPS) is 11.0. The van der Waals surface area contributed by atoms with Crippen LogP contribution in [0.1, 0.15) is 30.5 Å². The van der Waals surface area contributed by atoms with Gasteiger partial charge in [0.05, 0.1) is 0 Å². The van der Waals surface area contributed by atoms with E-state index in [1.54, 1.807) is 0 Å². The Morgan fingerprint density at radius 2 is 1.78 bits per heavy atom. The van der Waals surface area contributed by atoms with Crippen molar-refractivity contribution in [1.29, 1.82) is 0 Å². The molecule has 0 unspecified atom stereocenters. The lowest BCUT2D eigenvalue weighted by atomic mass is 10.1. The number of thiazole rings is 1. The summed E-state index contributed by atoms with van der Waals surface area (Å²) in [5, 5.41) is 3.57. The van der Waals surface area contributed by atoms with Crippen molar-refractivity contribution >= 4 is 38.4 Å². The first kappa shape index (κ1) is 23.5. The highest BCUT2D eigenvalue weighted by Gasteiger charge is 2.21. The SMILES string of the molecule is C=CCn1c(=O)c2sc(N(CC)CC)nc2n(CC(=O)Nc2c(C)cc(C)cc2C)c1=O. The lowest BCUT2D eigenvalue weighted by molar-refractivity contribution is -0.116. The average molecular weight is 456 g/mol. The first-order valence-electron chi connectivity index (χ1n) is 10.6. The third kappa shape index (κ3) is 4.38. The average Bonchev–Trinajstić information content (AvgIpc) is 3.17. The molecule has 1 aromatic carbocycles. The van der Waals surface area contributed by atoms with Crippen molar-refractivity contribution < 1.29 is 4.79 Å². The van der Waals surface area contributed by atoms with E-state index in [-0.39, 0.29) is 24.6 Å². The number of aryl methyl sites for hydroxylation is 3. The molecule has 2 aromatic heterocycles. The Morgan fingerprint density at radius 1 is 1.16 bits per heavy atom. The van der Waals surface area contributed by atoms with Gasteiger partial charge in [0.1, 0.15) is 11.2 Å². The summed E-state index contributed by atoms with van der Waals surface area (Å²) in [7, 11) is 0. The second-order valence-electron chi connectivity index (χ2n) is 7.72. The fourth-order valence-corrected chi connectivity index (χ4v) is 4.98. The molecule has 0 saturated heterocycles. The van der Waals surface area contributed by atoms with Gasteiger partial charge in [0.25, 0.3) is 5.56 Å². The minimum absolute atomic E-state index is 0.0594. The highest BCUT2D eigenvalue weighted by Crippen LogP contribution is 2.26. The first-order valence-corrected chi connectivity index (χ1v) is 11.4. The van der Waals surface area contributed by atoms with Crippen molar-refractivity contribution in [2.24, 2.45) is 0 Å². The summed E-state index contributed by atoms with van der Waals surface area (Å²) < 4.78 is 2.72. The lowest BCUT2D eigenvalue weighted by Crippen LogP contribution is -2.41. The Kier molecular flexibility index (Phi) is 6.98. The maximum Gasteiger partial charge on any atom is 0.333 e. The minimum atomic E-state index is -0.578. The van der Waals surface area contributed by atoms with Gasteiger partial charge in [-0.1, -0.05) is 35.1 Å². The third-order valence-electron chi connectivity index (χ3n) is 5.34. The van der Waals surface area contributed by atoms with E-state index in [4.69, 9.17) is 0 Å². The predicted octanol–water partition coefficient (Wildman–Crippen LogP) is 3.22. The quantitative estimate of drug-likeness (QED) is 0.527. The van der Waals surface area contributed by atoms with E-state index in [2.05, 4.69) is 16.9 Å². The highest BCUT2D eigenvalue weighted by atomic mass is 32.1. The molecule has 32 heavy (non-hydrogen) atoms. The van der Waals surface area contributed by atoms with Crippen LogP contribution < -0.4 is 21.5 Å². The number of carbonyl (C=O) groups excluding carboxylic acids is 1. The van der Waals surface area contributed by atoms with Gasteiger partial charge in [-0.3, -0.25) is 18.7 Å². The van der Waals surface area contributed by atoms with Crippen LogP contribution >= 0.6 is 11.3 Å². The highest BCUT2D eigenvalue weighted by molar-refractivity contribution is 7.22. The maximum atomic E-state index is 13.1. The molecule has 3 aromatic rings. The number of nitrogens with one attached hydrogen (secondary N) is 1. The fraction of sp³-hybridized carbons (Fsp3) is 0.391. The predicted molar refractivity (Wildman–Crippen MR) is 131 cm³/mol. The van der Waals surface area contributed by atoms with Crippen LogP contribution in [0.4, 0.5) is 10.8 Å². The number of benzene rings is 1. The molecule has 0 saturated carbocycles. The number of hydrogen-bond donors (Lipinski definition) is 1. The van der Waals surface area contributed by atoms with Crippen LogP contribution in [0.3, 0.4) is 0 Å². The zero-order valence-corrected chi connectivity index (χ0v) is 20.0. The van der Waals surface area contributed by atoms with Gasteiger partial charge >= 0.3 is 5.69 Å². The molecule has 0 aliphatic rings. The number of nitrogens with zero attached hydrogens (tertiary/aromatic N) is 4. The van der Waals surface area contributed by atoms with Crippen molar-refractivity contribution in [3.63, 3.8) is 0 Å². The van der Waals surface area contributed by atoms with E-state index in [9.17, 15) is 14.4 Å². The Hall–Kier alpha value is -3.20. The molecule has 3 rings (SSSR count). The standard InChI is InChI=1S/C23H29N5O3S/c1-7-10-27-21(30)19-20(25-22(32-19)26(8-2)9-3)28(23(27)31)13-17(29)24-18-15(5)11-14(4)12-16(18)6/h7,11-12H,1,8-10,13H2,2-6H3,(H,24,29). The number of anilines is 2.